The van der Waals surface area contributed by atoms with Crippen molar-refractivity contribution >= 4 is 0 Å². The summed E-state index contributed by atoms with van der Waals surface area (Å²) in [7, 11) is 0. The number of aromatic nitrogens is 2. The van der Waals surface area contributed by atoms with E-state index < -0.39 is 0 Å². The number of rotatable bonds is 5. The van der Waals surface area contributed by atoms with E-state index >= 15 is 0 Å². The van der Waals surface area contributed by atoms with Gasteiger partial charge >= 0.3 is 0 Å². The van der Waals surface area contributed by atoms with E-state index in [2.05, 4.69) is 29.6 Å². The fourth-order valence-corrected chi connectivity index (χ4v) is 1.40. The minimum Gasteiger partial charge on any atom is -0.332 e. The van der Waals surface area contributed by atoms with E-state index in [1.807, 2.05) is 6.20 Å². The van der Waals surface area contributed by atoms with Crippen LogP contribution >= 0.6 is 0 Å². The normalized spacial score (nSPS) is 13.2. The van der Waals surface area contributed by atoms with E-state index in [0.29, 0.717) is 6.04 Å². The van der Waals surface area contributed by atoms with Crippen LogP contribution in [0.4, 0.5) is 0 Å². The van der Waals surface area contributed by atoms with Gasteiger partial charge in [0.05, 0.1) is 0 Å². The second-order valence-corrected chi connectivity index (χ2v) is 3.40. The van der Waals surface area contributed by atoms with Crippen LogP contribution in [0.15, 0.2) is 12.4 Å². The molecule has 13 heavy (non-hydrogen) atoms. The molecule has 0 bridgehead atoms. The summed E-state index contributed by atoms with van der Waals surface area (Å²) < 4.78 is 2.25. The Hall–Kier alpha value is -0.830. The number of hydrogen-bond donors (Lipinski definition) is 1. The zero-order valence-corrected chi connectivity index (χ0v) is 8.53. The van der Waals surface area contributed by atoms with Crippen molar-refractivity contribution in [1.29, 1.82) is 0 Å². The topological polar surface area (TPSA) is 43.8 Å². The molecule has 0 amide bonds. The van der Waals surface area contributed by atoms with Gasteiger partial charge in [-0.05, 0) is 26.3 Å². The maximum absolute atomic E-state index is 5.47. The Morgan fingerprint density at radius 3 is 3.00 bits per heavy atom. The first-order chi connectivity index (χ1) is 6.29. The van der Waals surface area contributed by atoms with Crippen LogP contribution in [0.5, 0.6) is 0 Å². The fraction of sp³-hybridized carbons (Fsp3) is 0.700. The minimum atomic E-state index is 0.551. The average molecular weight is 181 g/mol. The summed E-state index contributed by atoms with van der Waals surface area (Å²) in [5, 5.41) is 0. The van der Waals surface area contributed by atoms with Gasteiger partial charge in [-0.15, -0.1) is 0 Å². The van der Waals surface area contributed by atoms with Crippen LogP contribution < -0.4 is 5.73 Å². The molecule has 0 saturated carbocycles. The van der Waals surface area contributed by atoms with E-state index in [-0.39, 0.29) is 0 Å². The van der Waals surface area contributed by atoms with Crippen molar-refractivity contribution < 1.29 is 0 Å². The minimum absolute atomic E-state index is 0.551. The molecule has 0 aliphatic carbocycles. The summed E-state index contributed by atoms with van der Waals surface area (Å²) in [6, 6.07) is 0.551. The Kier molecular flexibility index (Phi) is 3.96. The van der Waals surface area contributed by atoms with Crippen LogP contribution in [0.3, 0.4) is 0 Å². The van der Waals surface area contributed by atoms with E-state index in [1.54, 1.807) is 0 Å². The lowest BCUT2D eigenvalue weighted by atomic mass is 10.2. The molecule has 1 heterocycles. The second kappa shape index (κ2) is 5.02. The molecule has 1 aromatic rings. The predicted octanol–water partition coefficient (Wildman–Crippen LogP) is 1.75. The molecule has 3 heteroatoms. The van der Waals surface area contributed by atoms with Crippen LogP contribution in [0.25, 0.3) is 0 Å². The molecule has 1 unspecified atom stereocenters. The lowest BCUT2D eigenvalue weighted by Crippen LogP contribution is -2.09. The molecule has 0 aliphatic rings. The third kappa shape index (κ3) is 2.56. The first-order valence-electron chi connectivity index (χ1n) is 5.01. The van der Waals surface area contributed by atoms with E-state index in [1.165, 1.54) is 5.82 Å². The largest absolute Gasteiger partial charge is 0.332 e. The number of imidazole rings is 1. The first kappa shape index (κ1) is 10.3. The quantitative estimate of drug-likeness (QED) is 0.752. The van der Waals surface area contributed by atoms with Gasteiger partial charge in [-0.1, -0.05) is 6.92 Å². The Labute approximate surface area is 80.0 Å². The Morgan fingerprint density at radius 2 is 2.38 bits per heavy atom. The number of aryl methyl sites for hydroxylation is 1. The van der Waals surface area contributed by atoms with Crippen LogP contribution in [-0.4, -0.2) is 16.1 Å². The molecule has 1 aromatic heterocycles. The summed E-state index contributed by atoms with van der Waals surface area (Å²) in [6.07, 6.45) is 7.09. The maximum atomic E-state index is 5.47. The van der Waals surface area contributed by atoms with Gasteiger partial charge in [-0.2, -0.15) is 0 Å². The van der Waals surface area contributed by atoms with Crippen LogP contribution in [0, 0.1) is 0 Å². The second-order valence-electron chi connectivity index (χ2n) is 3.40. The zero-order chi connectivity index (χ0) is 9.68. The molecule has 0 spiro atoms. The highest BCUT2D eigenvalue weighted by atomic mass is 15.1. The molecule has 0 saturated heterocycles. The summed E-state index contributed by atoms with van der Waals surface area (Å²) in [6.45, 7) is 5.15. The Morgan fingerprint density at radius 1 is 1.62 bits per heavy atom. The molecular weight excluding hydrogens is 162 g/mol. The van der Waals surface area contributed by atoms with Crippen molar-refractivity contribution in [2.75, 3.05) is 6.54 Å². The van der Waals surface area contributed by atoms with Crippen molar-refractivity contribution in [2.24, 2.45) is 5.73 Å². The molecule has 0 fully saturated rings. The smallest absolute Gasteiger partial charge is 0.108 e. The van der Waals surface area contributed by atoms with Crippen LogP contribution in [-0.2, 0) is 6.42 Å². The Bertz CT molecular complexity index is 242. The van der Waals surface area contributed by atoms with E-state index in [4.69, 9.17) is 5.73 Å². The van der Waals surface area contributed by atoms with E-state index in [9.17, 15) is 0 Å². The predicted molar refractivity (Wildman–Crippen MR) is 54.6 cm³/mol. The molecular formula is C10H19N3. The standard InChI is InChI=1S/C10H19N3/c1-3-9(2)13-8-7-12-10(13)5-4-6-11/h7-9H,3-6,11H2,1-2H3. The van der Waals surface area contributed by atoms with Gasteiger partial charge in [0, 0.05) is 24.9 Å². The highest BCUT2D eigenvalue weighted by Crippen LogP contribution is 2.13. The molecule has 1 atom stereocenters. The van der Waals surface area contributed by atoms with Crippen molar-refractivity contribution in [3.05, 3.63) is 18.2 Å². The molecule has 0 aliphatic heterocycles. The lowest BCUT2D eigenvalue weighted by Gasteiger charge is -2.13. The lowest BCUT2D eigenvalue weighted by molar-refractivity contribution is 0.505. The van der Waals surface area contributed by atoms with Crippen molar-refractivity contribution in [2.45, 2.75) is 39.2 Å². The van der Waals surface area contributed by atoms with Gasteiger partial charge in [0.25, 0.3) is 0 Å². The Balaban J connectivity index is 2.65. The van der Waals surface area contributed by atoms with Crippen molar-refractivity contribution in [3.63, 3.8) is 0 Å². The number of nitrogens with two attached hydrogens (primary N) is 1. The summed E-state index contributed by atoms with van der Waals surface area (Å²) in [4.78, 5) is 4.33. The fourth-order valence-electron chi connectivity index (χ4n) is 1.40. The maximum Gasteiger partial charge on any atom is 0.108 e. The third-order valence-corrected chi connectivity index (χ3v) is 2.42. The highest BCUT2D eigenvalue weighted by Gasteiger charge is 2.06. The van der Waals surface area contributed by atoms with Gasteiger partial charge < -0.3 is 10.3 Å². The SMILES string of the molecule is CCC(C)n1ccnc1CCCN. The molecule has 3 nitrogen and oxygen atoms in total. The summed E-state index contributed by atoms with van der Waals surface area (Å²) in [5.74, 6) is 1.17. The number of nitrogens with zero attached hydrogens (tertiary/aromatic N) is 2. The van der Waals surface area contributed by atoms with Gasteiger partial charge in [0.1, 0.15) is 5.82 Å². The van der Waals surface area contributed by atoms with E-state index in [0.717, 1.165) is 25.8 Å². The molecule has 0 aromatic carbocycles. The van der Waals surface area contributed by atoms with Crippen LogP contribution in [0.1, 0.15) is 38.6 Å². The summed E-state index contributed by atoms with van der Waals surface area (Å²) in [5.41, 5.74) is 5.47. The molecule has 0 radical (unpaired) electrons. The monoisotopic (exact) mass is 181 g/mol. The average Bonchev–Trinajstić information content (AvgIpc) is 2.61. The van der Waals surface area contributed by atoms with Crippen molar-refractivity contribution in [1.82, 2.24) is 9.55 Å². The summed E-state index contributed by atoms with van der Waals surface area (Å²) >= 11 is 0. The van der Waals surface area contributed by atoms with Gasteiger partial charge in [-0.25, -0.2) is 4.98 Å². The highest BCUT2D eigenvalue weighted by molar-refractivity contribution is 4.94. The number of hydrogen-bond acceptors (Lipinski definition) is 2. The molecule has 2 N–H and O–H groups in total. The van der Waals surface area contributed by atoms with Gasteiger partial charge in [0.15, 0.2) is 0 Å². The first-order valence-corrected chi connectivity index (χ1v) is 5.01. The van der Waals surface area contributed by atoms with Gasteiger partial charge in [0.2, 0.25) is 0 Å². The molecule has 74 valence electrons. The van der Waals surface area contributed by atoms with Crippen molar-refractivity contribution in [3.8, 4) is 0 Å². The zero-order valence-electron chi connectivity index (χ0n) is 8.53. The van der Waals surface area contributed by atoms with Crippen LogP contribution in [0.2, 0.25) is 0 Å². The molecule has 1 rings (SSSR count). The van der Waals surface area contributed by atoms with Gasteiger partial charge in [-0.3, -0.25) is 0 Å². The third-order valence-electron chi connectivity index (χ3n) is 2.42.